The highest BCUT2D eigenvalue weighted by Crippen LogP contribution is 2.30. The van der Waals surface area contributed by atoms with E-state index in [1.54, 1.807) is 35.4 Å². The molecule has 0 bridgehead atoms. The van der Waals surface area contributed by atoms with Crippen LogP contribution < -0.4 is 5.73 Å². The Balaban J connectivity index is 2.32. The molecule has 3 aromatic heterocycles. The highest BCUT2D eigenvalue weighted by molar-refractivity contribution is 9.10. The predicted octanol–water partition coefficient (Wildman–Crippen LogP) is 2.14. The normalized spacial score (nSPS) is 10.9. The molecule has 0 aromatic carbocycles. The second-order valence-corrected chi connectivity index (χ2v) is 4.36. The molecule has 0 aliphatic carbocycles. The maximum Gasteiger partial charge on any atom is 0.157 e. The quantitative estimate of drug-likeness (QED) is 0.745. The van der Waals surface area contributed by atoms with Gasteiger partial charge in [0.25, 0.3) is 0 Å². The highest BCUT2D eigenvalue weighted by atomic mass is 79.9. The smallest absolute Gasteiger partial charge is 0.157 e. The van der Waals surface area contributed by atoms with Gasteiger partial charge in [-0.3, -0.25) is 14.4 Å². The minimum atomic E-state index is 0.580. The van der Waals surface area contributed by atoms with Crippen molar-refractivity contribution in [1.82, 2.24) is 19.4 Å². The van der Waals surface area contributed by atoms with Crippen LogP contribution in [0.3, 0.4) is 0 Å². The molecule has 2 N–H and O–H groups in total. The van der Waals surface area contributed by atoms with Crippen molar-refractivity contribution in [2.24, 2.45) is 0 Å². The first-order chi connectivity index (χ1) is 8.27. The zero-order valence-electron chi connectivity index (χ0n) is 8.71. The van der Waals surface area contributed by atoms with E-state index in [2.05, 4.69) is 30.9 Å². The zero-order valence-corrected chi connectivity index (χ0v) is 10.3. The van der Waals surface area contributed by atoms with E-state index < -0.39 is 0 Å². The Morgan fingerprint density at radius 2 is 2.00 bits per heavy atom. The van der Waals surface area contributed by atoms with Crippen molar-refractivity contribution in [2.75, 3.05) is 5.73 Å². The van der Waals surface area contributed by atoms with Crippen LogP contribution in [0, 0.1) is 0 Å². The Morgan fingerprint density at radius 1 is 1.18 bits per heavy atom. The summed E-state index contributed by atoms with van der Waals surface area (Å²) in [6.07, 6.45) is 8.57. The van der Waals surface area contributed by atoms with Crippen LogP contribution in [0.25, 0.3) is 16.9 Å². The average Bonchev–Trinajstić information content (AvgIpc) is 2.68. The molecule has 3 heterocycles. The molecule has 0 aliphatic heterocycles. The number of nitrogens with zero attached hydrogens (tertiary/aromatic N) is 4. The summed E-state index contributed by atoms with van der Waals surface area (Å²) in [6, 6.07) is 1.86. The van der Waals surface area contributed by atoms with Crippen LogP contribution in [0.1, 0.15) is 0 Å². The lowest BCUT2D eigenvalue weighted by atomic mass is 10.2. The second kappa shape index (κ2) is 3.81. The first kappa shape index (κ1) is 10.2. The number of anilines is 1. The second-order valence-electron chi connectivity index (χ2n) is 3.51. The number of fused-ring (bicyclic) bond motifs is 1. The predicted molar refractivity (Wildman–Crippen MR) is 68.3 cm³/mol. The lowest BCUT2D eigenvalue weighted by molar-refractivity contribution is 1.13. The lowest BCUT2D eigenvalue weighted by Crippen LogP contribution is -1.94. The molecule has 5 nitrogen and oxygen atoms in total. The van der Waals surface area contributed by atoms with Crippen molar-refractivity contribution in [3.8, 4) is 11.3 Å². The number of pyridine rings is 1. The monoisotopic (exact) mass is 289 g/mol. The molecule has 0 radical (unpaired) electrons. The van der Waals surface area contributed by atoms with Crippen molar-refractivity contribution >= 4 is 27.4 Å². The summed E-state index contributed by atoms with van der Waals surface area (Å²) < 4.78 is 2.71. The molecule has 3 rings (SSSR count). The van der Waals surface area contributed by atoms with Crippen LogP contribution in [-0.2, 0) is 0 Å². The average molecular weight is 290 g/mol. The van der Waals surface area contributed by atoms with Gasteiger partial charge in [0.05, 0.1) is 6.20 Å². The van der Waals surface area contributed by atoms with Crippen molar-refractivity contribution < 1.29 is 0 Å². The molecule has 0 atom stereocenters. The third-order valence-electron chi connectivity index (χ3n) is 2.49. The third-order valence-corrected chi connectivity index (χ3v) is 3.18. The summed E-state index contributed by atoms with van der Waals surface area (Å²) >= 11 is 3.46. The van der Waals surface area contributed by atoms with Gasteiger partial charge >= 0.3 is 0 Å². The van der Waals surface area contributed by atoms with Gasteiger partial charge in [-0.1, -0.05) is 0 Å². The molecule has 6 heteroatoms. The Bertz CT molecular complexity index is 691. The maximum absolute atomic E-state index is 6.06. The number of halogens is 1. The van der Waals surface area contributed by atoms with Gasteiger partial charge in [0.15, 0.2) is 5.65 Å². The molecule has 0 saturated carbocycles. The molecule has 0 saturated heterocycles. The standard InChI is InChI=1S/C11H8BrN5/c12-8-1-2-14-5-7(8)10-11(13)17-4-3-15-6-9(17)16-10/h1-6H,13H2. The first-order valence-corrected chi connectivity index (χ1v) is 5.74. The van der Waals surface area contributed by atoms with Gasteiger partial charge in [0, 0.05) is 34.8 Å². The van der Waals surface area contributed by atoms with Crippen LogP contribution >= 0.6 is 15.9 Å². The van der Waals surface area contributed by atoms with Crippen LogP contribution in [0.4, 0.5) is 5.82 Å². The van der Waals surface area contributed by atoms with E-state index in [4.69, 9.17) is 5.73 Å². The number of rotatable bonds is 1. The van der Waals surface area contributed by atoms with Gasteiger partial charge < -0.3 is 5.73 Å². The van der Waals surface area contributed by atoms with Crippen molar-refractivity contribution in [1.29, 1.82) is 0 Å². The van der Waals surface area contributed by atoms with Crippen LogP contribution in [-0.4, -0.2) is 19.4 Å². The van der Waals surface area contributed by atoms with E-state index in [9.17, 15) is 0 Å². The number of nitrogens with two attached hydrogens (primary N) is 1. The van der Waals surface area contributed by atoms with E-state index in [0.29, 0.717) is 11.5 Å². The van der Waals surface area contributed by atoms with E-state index in [1.165, 1.54) is 0 Å². The fraction of sp³-hybridized carbons (Fsp3) is 0. The van der Waals surface area contributed by atoms with Crippen LogP contribution in [0.2, 0.25) is 0 Å². The minimum Gasteiger partial charge on any atom is -0.383 e. The molecule has 3 aromatic rings. The van der Waals surface area contributed by atoms with Gasteiger partial charge in [-0.15, -0.1) is 0 Å². The van der Waals surface area contributed by atoms with Crippen molar-refractivity contribution in [3.63, 3.8) is 0 Å². The zero-order chi connectivity index (χ0) is 11.8. The first-order valence-electron chi connectivity index (χ1n) is 4.95. The van der Waals surface area contributed by atoms with Gasteiger partial charge in [-0.2, -0.15) is 0 Å². The summed E-state index contributed by atoms with van der Waals surface area (Å²) in [5.41, 5.74) is 8.36. The van der Waals surface area contributed by atoms with E-state index in [-0.39, 0.29) is 0 Å². The van der Waals surface area contributed by atoms with Crippen molar-refractivity contribution in [2.45, 2.75) is 0 Å². The summed E-state index contributed by atoms with van der Waals surface area (Å²) in [7, 11) is 0. The molecular weight excluding hydrogens is 282 g/mol. The molecule has 17 heavy (non-hydrogen) atoms. The lowest BCUT2D eigenvalue weighted by Gasteiger charge is -2.00. The molecule has 0 fully saturated rings. The van der Waals surface area contributed by atoms with E-state index in [1.807, 2.05) is 6.07 Å². The van der Waals surface area contributed by atoms with Crippen LogP contribution in [0.5, 0.6) is 0 Å². The molecule has 0 aliphatic rings. The highest BCUT2D eigenvalue weighted by Gasteiger charge is 2.13. The number of nitrogen functional groups attached to an aromatic ring is 1. The molecule has 0 spiro atoms. The van der Waals surface area contributed by atoms with E-state index >= 15 is 0 Å². The summed E-state index contributed by atoms with van der Waals surface area (Å²) in [4.78, 5) is 12.5. The van der Waals surface area contributed by atoms with Crippen molar-refractivity contribution in [3.05, 3.63) is 41.5 Å². The molecule has 0 amide bonds. The number of aromatic nitrogens is 4. The summed E-state index contributed by atoms with van der Waals surface area (Å²) in [5, 5.41) is 0. The Hall–Kier alpha value is -1.95. The Labute approximate surface area is 105 Å². The Kier molecular flexibility index (Phi) is 2.29. The van der Waals surface area contributed by atoms with Gasteiger partial charge in [-0.25, -0.2) is 4.98 Å². The summed E-state index contributed by atoms with van der Waals surface area (Å²) in [5.74, 6) is 0.580. The third kappa shape index (κ3) is 1.57. The Morgan fingerprint density at radius 3 is 2.76 bits per heavy atom. The maximum atomic E-state index is 6.06. The van der Waals surface area contributed by atoms with Gasteiger partial charge in [0.1, 0.15) is 11.5 Å². The number of imidazole rings is 1. The molecule has 84 valence electrons. The fourth-order valence-electron chi connectivity index (χ4n) is 1.68. The largest absolute Gasteiger partial charge is 0.383 e. The number of hydrogen-bond acceptors (Lipinski definition) is 4. The fourth-order valence-corrected chi connectivity index (χ4v) is 2.08. The van der Waals surface area contributed by atoms with Crippen LogP contribution in [0.15, 0.2) is 41.5 Å². The summed E-state index contributed by atoms with van der Waals surface area (Å²) in [6.45, 7) is 0. The minimum absolute atomic E-state index is 0.580. The molecular formula is C11H8BrN5. The molecule has 0 unspecified atom stereocenters. The van der Waals surface area contributed by atoms with Gasteiger partial charge in [-0.05, 0) is 22.0 Å². The van der Waals surface area contributed by atoms with E-state index in [0.717, 1.165) is 15.7 Å². The van der Waals surface area contributed by atoms with Gasteiger partial charge in [0.2, 0.25) is 0 Å². The SMILES string of the molecule is Nc1c(-c2cnccc2Br)nc2cnccn12. The number of hydrogen-bond donors (Lipinski definition) is 1. The topological polar surface area (TPSA) is 69.1 Å².